The summed E-state index contributed by atoms with van der Waals surface area (Å²) in [4.78, 5) is 26.0. The number of carbonyl (C=O) groups excluding carboxylic acids is 2. The first-order valence-corrected chi connectivity index (χ1v) is 13.8. The molecule has 3 aliphatic carbocycles. The number of ketones is 1. The van der Waals surface area contributed by atoms with Crippen LogP contribution >= 0.6 is 0 Å². The Morgan fingerprint density at radius 3 is 2.38 bits per heavy atom. The monoisotopic (exact) mass is 581 g/mol. The lowest BCUT2D eigenvalue weighted by molar-refractivity contribution is -0.197. The van der Waals surface area contributed by atoms with Crippen LogP contribution in [-0.4, -0.2) is 34.2 Å². The highest BCUT2D eigenvalue weighted by Gasteiger charge is 2.56. The summed E-state index contributed by atoms with van der Waals surface area (Å²) in [5.74, 6) is -6.11. The van der Waals surface area contributed by atoms with Crippen LogP contribution in [-0.2, 0) is 11.2 Å². The molecule has 2 aromatic carbocycles. The molecule has 6 rings (SSSR count). The predicted octanol–water partition coefficient (Wildman–Crippen LogP) is 6.63. The van der Waals surface area contributed by atoms with E-state index in [-0.39, 0.29) is 17.8 Å². The Hall–Kier alpha value is -4.08. The topological polar surface area (TPSA) is 64.0 Å². The maximum absolute atomic E-state index is 14.3. The van der Waals surface area contributed by atoms with Gasteiger partial charge in [-0.2, -0.15) is 18.3 Å². The summed E-state index contributed by atoms with van der Waals surface area (Å²) >= 11 is 0. The lowest BCUT2D eigenvalue weighted by atomic mass is 9.54. The second-order valence-corrected chi connectivity index (χ2v) is 11.5. The molecule has 5 nitrogen and oxygen atoms in total. The van der Waals surface area contributed by atoms with Gasteiger partial charge in [-0.25, -0.2) is 13.5 Å². The molecule has 1 amide bonds. The number of carbonyl (C=O) groups is 2. The molecule has 0 aliphatic heterocycles. The van der Waals surface area contributed by atoms with Gasteiger partial charge in [0.05, 0.1) is 36.0 Å². The number of Topliss-reactive ketones (excluding diaryl/α,β-unsaturated/α-hetero) is 1. The molecule has 0 spiro atoms. The third-order valence-corrected chi connectivity index (χ3v) is 9.05. The first-order valence-electron chi connectivity index (χ1n) is 13.8. The van der Waals surface area contributed by atoms with Gasteiger partial charge in [-0.15, -0.1) is 0 Å². The van der Waals surface area contributed by atoms with Crippen LogP contribution < -0.4 is 5.32 Å². The predicted molar refractivity (Wildman–Crippen MR) is 146 cm³/mol. The fourth-order valence-electron chi connectivity index (χ4n) is 6.96. The van der Waals surface area contributed by atoms with E-state index >= 15 is 0 Å². The van der Waals surface area contributed by atoms with E-state index in [1.807, 2.05) is 13.0 Å². The van der Waals surface area contributed by atoms with Crippen LogP contribution in [0.5, 0.6) is 0 Å². The first-order chi connectivity index (χ1) is 20.0. The Kier molecular flexibility index (Phi) is 6.90. The molecule has 0 saturated heterocycles. The average molecular weight is 582 g/mol. The van der Waals surface area contributed by atoms with E-state index in [1.165, 1.54) is 24.3 Å². The van der Waals surface area contributed by atoms with Gasteiger partial charge in [0, 0.05) is 11.0 Å². The van der Waals surface area contributed by atoms with Crippen molar-refractivity contribution < 1.29 is 31.5 Å². The average Bonchev–Trinajstić information content (AvgIpc) is 3.36. The molecule has 1 saturated carbocycles. The lowest BCUT2D eigenvalue weighted by Crippen LogP contribution is -2.51. The lowest BCUT2D eigenvalue weighted by Gasteiger charge is -2.50. The van der Waals surface area contributed by atoms with Gasteiger partial charge < -0.3 is 5.32 Å². The molecule has 0 unspecified atom stereocenters. The molecule has 1 N–H and O–H groups in total. The molecule has 3 aromatic rings. The van der Waals surface area contributed by atoms with Crippen molar-refractivity contribution in [3.8, 4) is 5.69 Å². The van der Waals surface area contributed by atoms with Gasteiger partial charge in [0.2, 0.25) is 5.91 Å². The fraction of sp³-hybridized carbons (Fsp3) is 0.344. The Balaban J connectivity index is 1.28. The van der Waals surface area contributed by atoms with E-state index < -0.39 is 53.4 Å². The number of benzene rings is 2. The van der Waals surface area contributed by atoms with Crippen LogP contribution in [0.15, 0.2) is 72.0 Å². The van der Waals surface area contributed by atoms with Crippen molar-refractivity contribution in [2.45, 2.75) is 38.8 Å². The molecule has 4 atom stereocenters. The smallest absolute Gasteiger partial charge is 0.348 e. The molecule has 0 radical (unpaired) electrons. The fourth-order valence-corrected chi connectivity index (χ4v) is 6.96. The van der Waals surface area contributed by atoms with Gasteiger partial charge in [-0.1, -0.05) is 24.1 Å². The summed E-state index contributed by atoms with van der Waals surface area (Å²) < 4.78 is 71.3. The molecule has 218 valence electrons. The largest absolute Gasteiger partial charge is 0.392 e. The minimum absolute atomic E-state index is 0.160. The number of alkyl halides is 3. The van der Waals surface area contributed by atoms with Gasteiger partial charge in [-0.3, -0.25) is 9.59 Å². The maximum Gasteiger partial charge on any atom is 0.392 e. The first kappa shape index (κ1) is 28.1. The highest BCUT2D eigenvalue weighted by atomic mass is 19.4. The number of nitrogens with zero attached hydrogens (tertiary/aromatic N) is 2. The molecular formula is C32H28F5N3O2. The number of rotatable bonds is 5. The number of fused-ring (bicyclic) bond motifs is 4. The normalized spacial score (nSPS) is 25.0. The highest BCUT2D eigenvalue weighted by Crippen LogP contribution is 2.58. The summed E-state index contributed by atoms with van der Waals surface area (Å²) in [6.07, 6.45) is 1.85. The molecule has 10 heteroatoms. The standard InChI is InChI=1S/C32H28F5N3O2/c1-31-15-19-16-39-40(23-9-7-22(34)8-10-23)27(19)14-20(31)4-11-24-25(31)12-13-26(32(35,36)37)29(24)30(42)38-17-28(41)18-2-5-21(33)6-3-18/h2-3,5-10,12,14,16,24,26,29H,4,11,13,15,17H2,1H3,(H,38,42)/t24-,26+,29+,31-/m0/s1. The van der Waals surface area contributed by atoms with Crippen molar-refractivity contribution in [1.29, 1.82) is 0 Å². The van der Waals surface area contributed by atoms with Gasteiger partial charge >= 0.3 is 6.18 Å². The summed E-state index contributed by atoms with van der Waals surface area (Å²) in [6.45, 7) is 1.53. The summed E-state index contributed by atoms with van der Waals surface area (Å²) in [6, 6.07) is 10.8. The van der Waals surface area contributed by atoms with Crippen molar-refractivity contribution >= 4 is 17.8 Å². The molecule has 1 heterocycles. The van der Waals surface area contributed by atoms with Gasteiger partial charge in [0.25, 0.3) is 0 Å². The number of nitrogens with one attached hydrogen (secondary N) is 1. The Bertz CT molecular complexity index is 1600. The SMILES string of the molecule is C[C@]12Cc3cnn(-c4ccc(F)cc4)c3C=C1CC[C@H]1C2=CC[C@@H](C(F)(F)F)[C@@H]1C(=O)NCC(=O)c1ccc(F)cc1. The van der Waals surface area contributed by atoms with Crippen LogP contribution in [0.1, 0.15) is 47.8 Å². The van der Waals surface area contributed by atoms with E-state index in [0.717, 1.165) is 34.5 Å². The van der Waals surface area contributed by atoms with Crippen molar-refractivity contribution in [3.63, 3.8) is 0 Å². The summed E-state index contributed by atoms with van der Waals surface area (Å²) in [5, 5.41) is 6.98. The minimum Gasteiger partial charge on any atom is -0.348 e. The summed E-state index contributed by atoms with van der Waals surface area (Å²) in [7, 11) is 0. The quantitative estimate of drug-likeness (QED) is 0.209. The maximum atomic E-state index is 14.3. The third-order valence-electron chi connectivity index (χ3n) is 9.05. The zero-order valence-electron chi connectivity index (χ0n) is 22.7. The zero-order valence-corrected chi connectivity index (χ0v) is 22.7. The Morgan fingerprint density at radius 2 is 1.71 bits per heavy atom. The van der Waals surface area contributed by atoms with E-state index in [1.54, 1.807) is 29.1 Å². The van der Waals surface area contributed by atoms with Gasteiger partial charge in [0.15, 0.2) is 5.78 Å². The van der Waals surface area contributed by atoms with Crippen molar-refractivity contribution in [2.75, 3.05) is 6.54 Å². The molecular weight excluding hydrogens is 553 g/mol. The Morgan fingerprint density at radius 1 is 1.05 bits per heavy atom. The van der Waals surface area contributed by atoms with E-state index in [0.29, 0.717) is 24.9 Å². The van der Waals surface area contributed by atoms with Crippen LogP contribution in [0.25, 0.3) is 11.8 Å². The van der Waals surface area contributed by atoms with Crippen molar-refractivity contribution in [3.05, 3.63) is 100 Å². The van der Waals surface area contributed by atoms with E-state index in [4.69, 9.17) is 0 Å². The number of hydrogen-bond acceptors (Lipinski definition) is 3. The highest BCUT2D eigenvalue weighted by molar-refractivity contribution is 5.99. The van der Waals surface area contributed by atoms with E-state index in [2.05, 4.69) is 10.4 Å². The van der Waals surface area contributed by atoms with Crippen LogP contribution in [0.3, 0.4) is 0 Å². The number of amides is 1. The number of halogens is 5. The van der Waals surface area contributed by atoms with Crippen LogP contribution in [0, 0.1) is 34.8 Å². The number of allylic oxidation sites excluding steroid dienone is 3. The van der Waals surface area contributed by atoms with Crippen molar-refractivity contribution in [2.24, 2.45) is 23.2 Å². The minimum atomic E-state index is -4.60. The van der Waals surface area contributed by atoms with Crippen molar-refractivity contribution in [1.82, 2.24) is 15.1 Å². The van der Waals surface area contributed by atoms with Crippen LogP contribution in [0.4, 0.5) is 22.0 Å². The molecule has 1 aromatic heterocycles. The van der Waals surface area contributed by atoms with E-state index in [9.17, 15) is 31.5 Å². The zero-order chi connectivity index (χ0) is 29.8. The Labute approximate surface area is 239 Å². The van der Waals surface area contributed by atoms with Gasteiger partial charge in [-0.05, 0) is 91.8 Å². The van der Waals surface area contributed by atoms with Crippen LogP contribution in [0.2, 0.25) is 0 Å². The van der Waals surface area contributed by atoms with Gasteiger partial charge in [0.1, 0.15) is 11.6 Å². The molecule has 3 aliphatic rings. The third kappa shape index (κ3) is 4.86. The molecule has 0 bridgehead atoms. The number of aromatic nitrogens is 2. The molecule has 42 heavy (non-hydrogen) atoms. The second kappa shape index (κ2) is 10.3. The second-order valence-electron chi connectivity index (χ2n) is 11.5. The summed E-state index contributed by atoms with van der Waals surface area (Å²) in [5.41, 5.74) is 3.90. The molecule has 1 fully saturated rings. The number of hydrogen-bond donors (Lipinski definition) is 1.